The molecule has 1 aromatic rings. The second-order valence-corrected chi connectivity index (χ2v) is 4.20. The maximum atomic E-state index is 9.39. The molecule has 0 radical (unpaired) electrons. The summed E-state index contributed by atoms with van der Waals surface area (Å²) >= 11 is 0. The Kier molecular flexibility index (Phi) is 3.00. The average Bonchev–Trinajstić information content (AvgIpc) is 2.45. The molecule has 2 heterocycles. The predicted octanol–water partition coefficient (Wildman–Crippen LogP) is -0.0726. The fraction of sp³-hybridized carbons (Fsp3) is 0.545. The third-order valence-corrected chi connectivity index (χ3v) is 2.67. The molecule has 0 aromatic carbocycles. The molecule has 2 atom stereocenters. The van der Waals surface area contributed by atoms with E-state index >= 15 is 0 Å². The van der Waals surface area contributed by atoms with Gasteiger partial charge in [-0.2, -0.15) is 0 Å². The van der Waals surface area contributed by atoms with Crippen LogP contribution >= 0.6 is 0 Å². The van der Waals surface area contributed by atoms with Crippen molar-refractivity contribution < 1.29 is 10.2 Å². The molecule has 0 aliphatic carbocycles. The van der Waals surface area contributed by atoms with E-state index in [1.165, 1.54) is 0 Å². The minimum Gasteiger partial charge on any atom is -0.389 e. The number of pyridine rings is 1. The Labute approximate surface area is 89.2 Å². The van der Waals surface area contributed by atoms with E-state index in [-0.39, 0.29) is 0 Å². The molecule has 1 aliphatic rings. The molecule has 82 valence electrons. The number of aliphatic hydroxyl groups excluding tert-OH is 2. The highest BCUT2D eigenvalue weighted by Crippen LogP contribution is 2.13. The summed E-state index contributed by atoms with van der Waals surface area (Å²) in [5.41, 5.74) is 2.25. The summed E-state index contributed by atoms with van der Waals surface area (Å²) < 4.78 is 0. The fourth-order valence-corrected chi connectivity index (χ4v) is 1.94. The van der Waals surface area contributed by atoms with E-state index in [1.807, 2.05) is 24.2 Å². The van der Waals surface area contributed by atoms with E-state index in [9.17, 15) is 10.2 Å². The zero-order valence-electron chi connectivity index (χ0n) is 8.80. The highest BCUT2D eigenvalue weighted by molar-refractivity contribution is 5.16. The van der Waals surface area contributed by atoms with E-state index in [1.54, 1.807) is 0 Å². The summed E-state index contributed by atoms with van der Waals surface area (Å²) in [6.45, 7) is 3.82. The average molecular weight is 208 g/mol. The number of β-amino-alcohol motifs (C(OH)–C–C–N with tert-alkyl or cyclic N) is 2. The minimum absolute atomic E-state index is 0.537. The number of nitrogens with zero attached hydrogens (tertiary/aromatic N) is 2. The monoisotopic (exact) mass is 208 g/mol. The first-order valence-electron chi connectivity index (χ1n) is 5.14. The lowest BCUT2D eigenvalue weighted by atomic mass is 10.2. The van der Waals surface area contributed by atoms with Gasteiger partial charge in [-0.3, -0.25) is 9.88 Å². The molecule has 4 nitrogen and oxygen atoms in total. The van der Waals surface area contributed by atoms with Crippen LogP contribution in [-0.4, -0.2) is 45.4 Å². The normalized spacial score (nSPS) is 27.1. The molecule has 1 aromatic heterocycles. The van der Waals surface area contributed by atoms with Crippen LogP contribution in [0.25, 0.3) is 0 Å². The standard InChI is InChI=1S/C11H16N2O2/c1-8-2-9(4-12-3-8)5-13-6-10(14)11(15)7-13/h2-4,10-11,14-15H,5-7H2,1H3. The molecule has 2 unspecified atom stereocenters. The number of rotatable bonds is 2. The van der Waals surface area contributed by atoms with Crippen LogP contribution in [0.5, 0.6) is 0 Å². The van der Waals surface area contributed by atoms with Crippen LogP contribution in [-0.2, 0) is 6.54 Å². The second-order valence-electron chi connectivity index (χ2n) is 4.20. The van der Waals surface area contributed by atoms with Crippen LogP contribution in [0.4, 0.5) is 0 Å². The molecule has 15 heavy (non-hydrogen) atoms. The molecule has 1 aliphatic heterocycles. The first kappa shape index (κ1) is 10.5. The van der Waals surface area contributed by atoms with Gasteiger partial charge in [0.25, 0.3) is 0 Å². The minimum atomic E-state index is -0.609. The van der Waals surface area contributed by atoms with E-state index in [2.05, 4.69) is 11.1 Å². The molecular formula is C11H16N2O2. The molecule has 0 bridgehead atoms. The van der Waals surface area contributed by atoms with Gasteiger partial charge in [0.15, 0.2) is 0 Å². The molecule has 1 saturated heterocycles. The predicted molar refractivity (Wildman–Crippen MR) is 56.3 cm³/mol. The van der Waals surface area contributed by atoms with Crippen LogP contribution in [0.1, 0.15) is 11.1 Å². The van der Waals surface area contributed by atoms with Gasteiger partial charge in [0, 0.05) is 32.0 Å². The van der Waals surface area contributed by atoms with Gasteiger partial charge in [-0.05, 0) is 18.1 Å². The summed E-state index contributed by atoms with van der Waals surface area (Å²) in [6, 6.07) is 2.07. The quantitative estimate of drug-likeness (QED) is 0.714. The van der Waals surface area contributed by atoms with Gasteiger partial charge in [0.05, 0.1) is 12.2 Å². The molecule has 4 heteroatoms. The number of aryl methyl sites for hydroxylation is 1. The van der Waals surface area contributed by atoms with Gasteiger partial charge in [0.1, 0.15) is 0 Å². The third-order valence-electron chi connectivity index (χ3n) is 2.67. The van der Waals surface area contributed by atoms with Gasteiger partial charge in [-0.1, -0.05) is 6.07 Å². The first-order valence-corrected chi connectivity index (χ1v) is 5.14. The van der Waals surface area contributed by atoms with Crippen LogP contribution < -0.4 is 0 Å². The second kappa shape index (κ2) is 4.26. The Hall–Kier alpha value is -0.970. The molecule has 1 fully saturated rings. The van der Waals surface area contributed by atoms with Crippen molar-refractivity contribution in [3.05, 3.63) is 29.6 Å². The van der Waals surface area contributed by atoms with Crippen molar-refractivity contribution in [2.24, 2.45) is 0 Å². The summed E-state index contributed by atoms with van der Waals surface area (Å²) in [6.07, 6.45) is 2.42. The summed E-state index contributed by atoms with van der Waals surface area (Å²) in [5, 5.41) is 18.8. The highest BCUT2D eigenvalue weighted by atomic mass is 16.3. The summed E-state index contributed by atoms with van der Waals surface area (Å²) in [5.74, 6) is 0. The molecular weight excluding hydrogens is 192 g/mol. The Morgan fingerprint density at radius 2 is 2.00 bits per heavy atom. The van der Waals surface area contributed by atoms with Gasteiger partial charge < -0.3 is 10.2 Å². The van der Waals surface area contributed by atoms with Crippen molar-refractivity contribution in [3.63, 3.8) is 0 Å². The van der Waals surface area contributed by atoms with Crippen LogP contribution in [0.15, 0.2) is 18.5 Å². The molecule has 0 spiro atoms. The lowest BCUT2D eigenvalue weighted by molar-refractivity contribution is 0.0572. The Balaban J connectivity index is 1.98. The van der Waals surface area contributed by atoms with Gasteiger partial charge in [-0.25, -0.2) is 0 Å². The maximum Gasteiger partial charge on any atom is 0.0938 e. The fourth-order valence-electron chi connectivity index (χ4n) is 1.94. The highest BCUT2D eigenvalue weighted by Gasteiger charge is 2.29. The number of aliphatic hydroxyl groups is 2. The van der Waals surface area contributed by atoms with Crippen LogP contribution in [0.3, 0.4) is 0 Å². The van der Waals surface area contributed by atoms with Gasteiger partial charge in [0.2, 0.25) is 0 Å². The van der Waals surface area contributed by atoms with Crippen molar-refractivity contribution in [1.29, 1.82) is 0 Å². The van der Waals surface area contributed by atoms with Crippen molar-refractivity contribution in [3.8, 4) is 0 Å². The Morgan fingerprint density at radius 3 is 2.60 bits per heavy atom. The van der Waals surface area contributed by atoms with Crippen molar-refractivity contribution in [2.45, 2.75) is 25.7 Å². The smallest absolute Gasteiger partial charge is 0.0938 e. The number of hydrogen-bond donors (Lipinski definition) is 2. The van der Waals surface area contributed by atoms with E-state index in [0.29, 0.717) is 13.1 Å². The first-order chi connectivity index (χ1) is 7.15. The number of hydrogen-bond acceptors (Lipinski definition) is 4. The number of aromatic nitrogens is 1. The number of likely N-dealkylation sites (tertiary alicyclic amines) is 1. The van der Waals surface area contributed by atoms with E-state index < -0.39 is 12.2 Å². The van der Waals surface area contributed by atoms with E-state index in [4.69, 9.17) is 0 Å². The lowest BCUT2D eigenvalue weighted by Crippen LogP contribution is -2.22. The maximum absolute atomic E-state index is 9.39. The zero-order chi connectivity index (χ0) is 10.8. The van der Waals surface area contributed by atoms with Gasteiger partial charge >= 0.3 is 0 Å². The SMILES string of the molecule is Cc1cncc(CN2CC(O)C(O)C2)c1. The topological polar surface area (TPSA) is 56.6 Å². The zero-order valence-corrected chi connectivity index (χ0v) is 8.80. The largest absolute Gasteiger partial charge is 0.389 e. The molecule has 0 amide bonds. The van der Waals surface area contributed by atoms with Crippen LogP contribution in [0.2, 0.25) is 0 Å². The summed E-state index contributed by atoms with van der Waals surface area (Å²) in [4.78, 5) is 6.15. The summed E-state index contributed by atoms with van der Waals surface area (Å²) in [7, 11) is 0. The molecule has 2 N–H and O–H groups in total. The molecule has 0 saturated carbocycles. The Morgan fingerprint density at radius 1 is 1.33 bits per heavy atom. The van der Waals surface area contributed by atoms with Crippen molar-refractivity contribution in [2.75, 3.05) is 13.1 Å². The molecule has 2 rings (SSSR count). The lowest BCUT2D eigenvalue weighted by Gasteiger charge is -2.14. The van der Waals surface area contributed by atoms with E-state index in [0.717, 1.165) is 17.7 Å². The van der Waals surface area contributed by atoms with Crippen LogP contribution in [0, 0.1) is 6.92 Å². The van der Waals surface area contributed by atoms with Crippen molar-refractivity contribution >= 4 is 0 Å². The van der Waals surface area contributed by atoms with Crippen molar-refractivity contribution in [1.82, 2.24) is 9.88 Å². The van der Waals surface area contributed by atoms with Gasteiger partial charge in [-0.15, -0.1) is 0 Å². The Bertz CT molecular complexity index is 333. The third kappa shape index (κ3) is 2.53.